The van der Waals surface area contributed by atoms with E-state index in [0.29, 0.717) is 24.0 Å². The van der Waals surface area contributed by atoms with Gasteiger partial charge in [-0.3, -0.25) is 0 Å². The van der Waals surface area contributed by atoms with Crippen LogP contribution in [0.3, 0.4) is 0 Å². The standard InChI is InChI=1S/C26H36O3/c1-17-5-12-24-25(2,16-27)13-4-14-26(24,3)21(17)9-7-18-6-8-19-20(15-18)23(29)11-10-22(19)28/h6,10-11,21,24,27-29H,1,4-5,7-9,12-16H2,2-3H3/t21-,24-,25+,26+/m0/s1. The molecule has 4 rings (SSSR count). The van der Waals surface area contributed by atoms with Crippen molar-refractivity contribution in [2.45, 2.75) is 71.6 Å². The van der Waals surface area contributed by atoms with E-state index in [2.05, 4.69) is 26.5 Å². The van der Waals surface area contributed by atoms with Crippen molar-refractivity contribution in [3.8, 4) is 11.5 Å². The zero-order valence-corrected chi connectivity index (χ0v) is 18.0. The first-order chi connectivity index (χ1) is 13.8. The first-order valence-corrected chi connectivity index (χ1v) is 11.3. The molecule has 0 heterocycles. The molecular weight excluding hydrogens is 360 g/mol. The molecule has 2 saturated carbocycles. The van der Waals surface area contributed by atoms with Gasteiger partial charge in [0.15, 0.2) is 0 Å². The van der Waals surface area contributed by atoms with Gasteiger partial charge in [0.25, 0.3) is 0 Å². The minimum absolute atomic E-state index is 0.0400. The van der Waals surface area contributed by atoms with E-state index < -0.39 is 0 Å². The van der Waals surface area contributed by atoms with Crippen molar-refractivity contribution in [3.05, 3.63) is 47.1 Å². The number of benzene rings is 1. The van der Waals surface area contributed by atoms with Crippen LogP contribution in [0.1, 0.15) is 69.9 Å². The lowest BCUT2D eigenvalue weighted by Gasteiger charge is -2.58. The predicted octanol–water partition coefficient (Wildman–Crippen LogP) is 5.67. The van der Waals surface area contributed by atoms with Gasteiger partial charge in [-0.15, -0.1) is 0 Å². The molecular formula is C26H36O3. The van der Waals surface area contributed by atoms with Crippen molar-refractivity contribution in [2.75, 3.05) is 6.61 Å². The summed E-state index contributed by atoms with van der Waals surface area (Å²) in [5.41, 5.74) is 4.77. The van der Waals surface area contributed by atoms with Crippen molar-refractivity contribution in [1.29, 1.82) is 0 Å². The normalized spacial score (nSPS) is 34.3. The summed E-state index contributed by atoms with van der Waals surface area (Å²) in [7, 11) is 0. The molecule has 29 heavy (non-hydrogen) atoms. The summed E-state index contributed by atoms with van der Waals surface area (Å²) in [5, 5.41) is 30.5. The second kappa shape index (κ2) is 7.50. The second-order valence-electron chi connectivity index (χ2n) is 10.3. The molecule has 2 fully saturated rings. The molecule has 0 bridgehead atoms. The monoisotopic (exact) mass is 396 g/mol. The molecule has 0 amide bonds. The highest BCUT2D eigenvalue weighted by molar-refractivity contribution is 5.52. The molecule has 1 aromatic carbocycles. The van der Waals surface area contributed by atoms with Crippen LogP contribution in [-0.4, -0.2) is 21.9 Å². The van der Waals surface area contributed by atoms with Gasteiger partial charge in [0.2, 0.25) is 0 Å². The third-order valence-electron chi connectivity index (χ3n) is 8.64. The molecule has 3 aliphatic rings. The molecule has 0 spiro atoms. The Morgan fingerprint density at radius 1 is 1.10 bits per heavy atom. The fourth-order valence-corrected chi connectivity index (χ4v) is 6.97. The van der Waals surface area contributed by atoms with E-state index in [1.165, 1.54) is 24.0 Å². The van der Waals surface area contributed by atoms with Crippen molar-refractivity contribution >= 4 is 0 Å². The SMILES string of the molecule is C=C1CC[C@H]2[C@@](C)(CO)CCC[C@]2(C)[C@H]1CCC1=CCc2c(O)ccc(O)c2C1. The van der Waals surface area contributed by atoms with Gasteiger partial charge in [-0.2, -0.15) is 0 Å². The highest BCUT2D eigenvalue weighted by atomic mass is 16.3. The van der Waals surface area contributed by atoms with Crippen LogP contribution < -0.4 is 0 Å². The first kappa shape index (κ1) is 20.5. The summed E-state index contributed by atoms with van der Waals surface area (Å²) in [6.07, 6.45) is 11.6. The van der Waals surface area contributed by atoms with E-state index in [0.717, 1.165) is 49.7 Å². The molecule has 3 N–H and O–H groups in total. The summed E-state index contributed by atoms with van der Waals surface area (Å²) in [6, 6.07) is 3.19. The number of allylic oxidation sites excluding steroid dienone is 3. The number of phenols is 2. The van der Waals surface area contributed by atoms with Crippen LogP contribution in [0.2, 0.25) is 0 Å². The highest BCUT2D eigenvalue weighted by Gasteiger charge is 2.54. The summed E-state index contributed by atoms with van der Waals surface area (Å²) in [6.45, 7) is 9.50. The molecule has 0 aliphatic heterocycles. The first-order valence-electron chi connectivity index (χ1n) is 11.3. The molecule has 158 valence electrons. The zero-order chi connectivity index (χ0) is 20.8. The van der Waals surface area contributed by atoms with Gasteiger partial charge in [0.1, 0.15) is 11.5 Å². The van der Waals surface area contributed by atoms with Gasteiger partial charge in [0.05, 0.1) is 0 Å². The summed E-state index contributed by atoms with van der Waals surface area (Å²) in [5.74, 6) is 1.64. The lowest BCUT2D eigenvalue weighted by molar-refractivity contribution is -0.0858. The van der Waals surface area contributed by atoms with Crippen LogP contribution >= 0.6 is 0 Å². The Morgan fingerprint density at radius 3 is 2.55 bits per heavy atom. The van der Waals surface area contributed by atoms with Crippen LogP contribution in [0.4, 0.5) is 0 Å². The third-order valence-corrected chi connectivity index (χ3v) is 8.64. The van der Waals surface area contributed by atoms with E-state index in [1.54, 1.807) is 12.1 Å². The number of aliphatic hydroxyl groups is 1. The molecule has 0 aromatic heterocycles. The van der Waals surface area contributed by atoms with Gasteiger partial charge in [0, 0.05) is 17.7 Å². The largest absolute Gasteiger partial charge is 0.508 e. The maximum absolute atomic E-state index is 10.3. The number of phenolic OH excluding ortho intramolecular Hbond substituents is 2. The topological polar surface area (TPSA) is 60.7 Å². The van der Waals surface area contributed by atoms with E-state index in [-0.39, 0.29) is 23.2 Å². The van der Waals surface area contributed by atoms with Crippen LogP contribution in [0.25, 0.3) is 0 Å². The molecule has 3 nitrogen and oxygen atoms in total. The Kier molecular flexibility index (Phi) is 5.31. The van der Waals surface area contributed by atoms with Crippen molar-refractivity contribution in [1.82, 2.24) is 0 Å². The predicted molar refractivity (Wildman–Crippen MR) is 117 cm³/mol. The Balaban J connectivity index is 1.51. The zero-order valence-electron chi connectivity index (χ0n) is 18.0. The van der Waals surface area contributed by atoms with Crippen LogP contribution in [0, 0.1) is 22.7 Å². The summed E-state index contributed by atoms with van der Waals surface area (Å²) >= 11 is 0. The number of hydrogen-bond donors (Lipinski definition) is 3. The fourth-order valence-electron chi connectivity index (χ4n) is 6.97. The molecule has 0 radical (unpaired) electrons. The Labute approximate surface area is 175 Å². The van der Waals surface area contributed by atoms with Crippen LogP contribution in [-0.2, 0) is 12.8 Å². The van der Waals surface area contributed by atoms with Crippen LogP contribution in [0.15, 0.2) is 35.9 Å². The minimum Gasteiger partial charge on any atom is -0.508 e. The lowest BCUT2D eigenvalue weighted by Crippen LogP contribution is -2.51. The maximum Gasteiger partial charge on any atom is 0.119 e. The van der Waals surface area contributed by atoms with Crippen molar-refractivity contribution < 1.29 is 15.3 Å². The number of aromatic hydroxyl groups is 2. The average Bonchev–Trinajstić information content (AvgIpc) is 2.70. The molecule has 3 heteroatoms. The Bertz CT molecular complexity index is 839. The van der Waals surface area contributed by atoms with E-state index in [1.807, 2.05) is 0 Å². The maximum atomic E-state index is 10.3. The van der Waals surface area contributed by atoms with Gasteiger partial charge in [-0.1, -0.05) is 44.1 Å². The summed E-state index contributed by atoms with van der Waals surface area (Å²) in [4.78, 5) is 0. The fraction of sp³-hybridized carbons (Fsp3) is 0.615. The van der Waals surface area contributed by atoms with Crippen molar-refractivity contribution in [3.63, 3.8) is 0 Å². The smallest absolute Gasteiger partial charge is 0.119 e. The Morgan fingerprint density at radius 2 is 1.83 bits per heavy atom. The molecule has 4 atom stereocenters. The molecule has 1 aromatic rings. The quantitative estimate of drug-likeness (QED) is 0.454. The Hall–Kier alpha value is -1.74. The number of rotatable bonds is 4. The molecule has 0 unspecified atom stereocenters. The lowest BCUT2D eigenvalue weighted by atomic mass is 9.47. The second-order valence-corrected chi connectivity index (χ2v) is 10.3. The third kappa shape index (κ3) is 3.42. The molecule has 3 aliphatic carbocycles. The summed E-state index contributed by atoms with van der Waals surface area (Å²) < 4.78 is 0. The van der Waals surface area contributed by atoms with Gasteiger partial charge < -0.3 is 15.3 Å². The average molecular weight is 397 g/mol. The highest BCUT2D eigenvalue weighted by Crippen LogP contribution is 2.61. The van der Waals surface area contributed by atoms with Gasteiger partial charge in [-0.05, 0) is 86.2 Å². The minimum atomic E-state index is 0.0400. The van der Waals surface area contributed by atoms with E-state index in [9.17, 15) is 15.3 Å². The van der Waals surface area contributed by atoms with E-state index >= 15 is 0 Å². The van der Waals surface area contributed by atoms with Gasteiger partial charge in [-0.25, -0.2) is 0 Å². The van der Waals surface area contributed by atoms with E-state index in [4.69, 9.17) is 0 Å². The molecule has 0 saturated heterocycles. The van der Waals surface area contributed by atoms with Crippen LogP contribution in [0.5, 0.6) is 11.5 Å². The number of hydrogen-bond acceptors (Lipinski definition) is 3. The number of fused-ring (bicyclic) bond motifs is 2. The van der Waals surface area contributed by atoms with Crippen molar-refractivity contribution in [2.24, 2.45) is 22.7 Å². The number of aliphatic hydroxyl groups excluding tert-OH is 1. The van der Waals surface area contributed by atoms with Gasteiger partial charge >= 0.3 is 0 Å².